The topological polar surface area (TPSA) is 245 Å². The summed E-state index contributed by atoms with van der Waals surface area (Å²) >= 11 is 0. The van der Waals surface area contributed by atoms with Crippen molar-refractivity contribution in [2.24, 2.45) is 0 Å². The third-order valence-electron chi connectivity index (χ3n) is 2.50. The SMILES string of the molecule is N#[N+]c1ccc(S(=O)(=O)O)cc1.N#[N+]c1ccc(S(=O)(=O)O)cc1.O=S(=O)([O-])[O-]. The van der Waals surface area contributed by atoms with Crippen molar-refractivity contribution in [1.82, 2.24) is 0 Å². The minimum atomic E-state index is -5.17. The Hall–Kier alpha value is -3.03. The summed E-state index contributed by atoms with van der Waals surface area (Å²) in [5.74, 6) is 0. The molecule has 0 spiro atoms. The second-order valence-corrected chi connectivity index (χ2v) is 8.21. The summed E-state index contributed by atoms with van der Waals surface area (Å²) in [6.45, 7) is 0. The van der Waals surface area contributed by atoms with E-state index >= 15 is 0 Å². The second kappa shape index (κ2) is 10.5. The molecule has 0 aromatic heterocycles. The van der Waals surface area contributed by atoms with E-state index in [0.717, 1.165) is 24.3 Å². The van der Waals surface area contributed by atoms with Crippen LogP contribution in [0.4, 0.5) is 11.4 Å². The monoisotopic (exact) mass is 466 g/mol. The van der Waals surface area contributed by atoms with Crippen LogP contribution in [0.5, 0.6) is 0 Å². The van der Waals surface area contributed by atoms with Gasteiger partial charge < -0.3 is 9.11 Å². The molecule has 2 N–H and O–H groups in total. The molecule has 0 aliphatic carbocycles. The first-order valence-corrected chi connectivity index (χ1v) is 10.8. The van der Waals surface area contributed by atoms with Gasteiger partial charge in [-0.15, -0.1) is 0 Å². The third-order valence-corrected chi connectivity index (χ3v) is 4.24. The third kappa shape index (κ3) is 12.1. The Kier molecular flexibility index (Phi) is 9.40. The highest BCUT2D eigenvalue weighted by atomic mass is 32.3. The lowest BCUT2D eigenvalue weighted by Gasteiger charge is -2.06. The van der Waals surface area contributed by atoms with E-state index in [1.54, 1.807) is 0 Å². The van der Waals surface area contributed by atoms with Crippen molar-refractivity contribution in [3.05, 3.63) is 58.5 Å². The van der Waals surface area contributed by atoms with Crippen LogP contribution in [-0.2, 0) is 30.6 Å². The Balaban J connectivity index is 0.000000442. The van der Waals surface area contributed by atoms with Crippen molar-refractivity contribution in [2.45, 2.75) is 9.79 Å². The van der Waals surface area contributed by atoms with E-state index in [0.29, 0.717) is 0 Å². The van der Waals surface area contributed by atoms with E-state index < -0.39 is 30.6 Å². The molecule has 0 amide bonds. The molecular weight excluding hydrogens is 456 g/mol. The number of diazo groups is 2. The fraction of sp³-hybridized carbons (Fsp3) is 0. The van der Waals surface area contributed by atoms with E-state index in [1.165, 1.54) is 24.3 Å². The fourth-order valence-corrected chi connectivity index (χ4v) is 2.33. The molecule has 0 fully saturated rings. The summed E-state index contributed by atoms with van der Waals surface area (Å²) in [7, 11) is -13.5. The zero-order valence-electron chi connectivity index (χ0n) is 13.8. The Morgan fingerprint density at radius 1 is 0.621 bits per heavy atom. The lowest BCUT2D eigenvalue weighted by Crippen LogP contribution is -1.96. The van der Waals surface area contributed by atoms with Gasteiger partial charge in [0.1, 0.15) is 0 Å². The number of rotatable bonds is 2. The molecule has 0 atom stereocenters. The standard InChI is InChI=1S/2C6H4N2O3S.H2O4S/c2*7-8-5-1-3-6(4-2-5)12(9,10)11;1-5(2,3)4/h2*1-4H;(H2,1,2,3,4). The van der Waals surface area contributed by atoms with Crippen molar-refractivity contribution < 1.29 is 43.5 Å². The maximum atomic E-state index is 10.5. The normalized spacial score (nSPS) is 10.8. The van der Waals surface area contributed by atoms with Crippen molar-refractivity contribution >= 4 is 42.0 Å². The van der Waals surface area contributed by atoms with Crippen LogP contribution in [0.25, 0.3) is 9.95 Å². The van der Waals surface area contributed by atoms with Crippen LogP contribution in [0.1, 0.15) is 0 Å². The average molecular weight is 466 g/mol. The van der Waals surface area contributed by atoms with Crippen LogP contribution < -0.4 is 0 Å². The molecule has 0 aliphatic heterocycles. The van der Waals surface area contributed by atoms with Gasteiger partial charge in [0.05, 0.1) is 9.79 Å². The molecule has 0 radical (unpaired) electrons. The van der Waals surface area contributed by atoms with Gasteiger partial charge >= 0.3 is 11.4 Å². The zero-order valence-corrected chi connectivity index (χ0v) is 16.2. The van der Waals surface area contributed by atoms with Gasteiger partial charge in [0, 0.05) is 34.7 Å². The average Bonchev–Trinajstić information content (AvgIpc) is 2.59. The van der Waals surface area contributed by atoms with Crippen LogP contribution in [-0.4, -0.2) is 43.5 Å². The van der Waals surface area contributed by atoms with Crippen molar-refractivity contribution in [3.63, 3.8) is 0 Å². The smallest absolute Gasteiger partial charge is 0.385 e. The summed E-state index contributed by atoms with van der Waals surface area (Å²) in [4.78, 5) is 5.18. The molecule has 2 aromatic carbocycles. The first-order chi connectivity index (χ1) is 13.1. The number of nitrogens with zero attached hydrogens (tertiary/aromatic N) is 4. The molecule has 0 saturated heterocycles. The van der Waals surface area contributed by atoms with E-state index in [-0.39, 0.29) is 21.2 Å². The molecule has 2 aromatic rings. The van der Waals surface area contributed by atoms with Crippen LogP contribution in [0, 0.1) is 10.8 Å². The predicted molar refractivity (Wildman–Crippen MR) is 92.5 cm³/mol. The summed E-state index contributed by atoms with van der Waals surface area (Å²) < 4.78 is 93.1. The molecule has 14 nitrogen and oxygen atoms in total. The molecular formula is C12H10N4O10S3. The van der Waals surface area contributed by atoms with E-state index in [2.05, 4.69) is 9.95 Å². The highest BCUT2D eigenvalue weighted by molar-refractivity contribution is 7.86. The van der Waals surface area contributed by atoms with Crippen molar-refractivity contribution in [2.75, 3.05) is 0 Å². The van der Waals surface area contributed by atoms with Gasteiger partial charge in [-0.3, -0.25) is 17.5 Å². The van der Waals surface area contributed by atoms with Gasteiger partial charge in [0.2, 0.25) is 10.8 Å². The van der Waals surface area contributed by atoms with Crippen LogP contribution >= 0.6 is 0 Å². The lowest BCUT2D eigenvalue weighted by atomic mass is 10.3. The van der Waals surface area contributed by atoms with Gasteiger partial charge in [0.15, 0.2) is 9.95 Å². The number of hydrogen-bond acceptors (Lipinski definition) is 10. The Morgan fingerprint density at radius 3 is 0.966 bits per heavy atom. The fourth-order valence-electron chi connectivity index (χ4n) is 1.37. The van der Waals surface area contributed by atoms with E-state index in [9.17, 15) is 16.8 Å². The molecule has 156 valence electrons. The highest BCUT2D eigenvalue weighted by Gasteiger charge is 2.12. The van der Waals surface area contributed by atoms with E-state index in [4.69, 9.17) is 37.4 Å². The second-order valence-electron chi connectivity index (χ2n) is 4.55. The summed E-state index contributed by atoms with van der Waals surface area (Å²) in [5.41, 5.74) is 0.449. The quantitative estimate of drug-likeness (QED) is 0.363. The summed E-state index contributed by atoms with van der Waals surface area (Å²) in [6.07, 6.45) is 0. The summed E-state index contributed by atoms with van der Waals surface area (Å²) in [6, 6.07) is 9.64. The number of benzene rings is 2. The molecule has 0 unspecified atom stereocenters. The molecule has 0 aliphatic rings. The van der Waals surface area contributed by atoms with Gasteiger partial charge in [-0.2, -0.15) is 16.8 Å². The van der Waals surface area contributed by atoms with Crippen LogP contribution in [0.3, 0.4) is 0 Å². The van der Waals surface area contributed by atoms with Gasteiger partial charge in [-0.05, 0) is 24.3 Å². The van der Waals surface area contributed by atoms with Crippen molar-refractivity contribution in [1.29, 1.82) is 10.8 Å². The maximum Gasteiger partial charge on any atom is 0.385 e. The first-order valence-electron chi connectivity index (χ1n) is 6.60. The Labute approximate surface area is 164 Å². The molecule has 0 heterocycles. The Morgan fingerprint density at radius 2 is 0.828 bits per heavy atom. The molecule has 29 heavy (non-hydrogen) atoms. The Bertz CT molecular complexity index is 1130. The lowest BCUT2D eigenvalue weighted by molar-refractivity contribution is 0.352. The van der Waals surface area contributed by atoms with Gasteiger partial charge in [-0.25, -0.2) is 0 Å². The highest BCUT2D eigenvalue weighted by Crippen LogP contribution is 2.16. The minimum Gasteiger partial charge on any atom is -0.759 e. The maximum absolute atomic E-state index is 10.5. The van der Waals surface area contributed by atoms with Gasteiger partial charge in [-0.1, -0.05) is 0 Å². The molecule has 0 saturated carbocycles. The largest absolute Gasteiger partial charge is 0.759 e. The van der Waals surface area contributed by atoms with E-state index in [1.807, 2.05) is 0 Å². The first kappa shape index (κ1) is 26.0. The molecule has 0 bridgehead atoms. The number of hydrogen-bond donors (Lipinski definition) is 2. The van der Waals surface area contributed by atoms with Gasteiger partial charge in [0.25, 0.3) is 20.2 Å². The van der Waals surface area contributed by atoms with Crippen LogP contribution in [0.15, 0.2) is 58.3 Å². The summed E-state index contributed by atoms with van der Waals surface area (Å²) in [5, 5.41) is 16.5. The molecule has 17 heteroatoms. The minimum absolute atomic E-state index is 0.224. The molecule has 2 rings (SSSR count). The van der Waals surface area contributed by atoms with Crippen LogP contribution in [0.2, 0.25) is 0 Å². The predicted octanol–water partition coefficient (Wildman–Crippen LogP) is 1.50. The zero-order chi connectivity index (χ0) is 22.9. The van der Waals surface area contributed by atoms with Crippen molar-refractivity contribution in [3.8, 4) is 0 Å².